The molecule has 3 aromatic rings. The second-order valence-corrected chi connectivity index (χ2v) is 12.0. The highest BCUT2D eigenvalue weighted by Crippen LogP contribution is 2.48. The number of carbonyl (C=O) groups excluding carboxylic acids is 2. The van der Waals surface area contributed by atoms with Crippen LogP contribution < -0.4 is 0 Å². The van der Waals surface area contributed by atoms with Gasteiger partial charge in [0.15, 0.2) is 0 Å². The van der Waals surface area contributed by atoms with Gasteiger partial charge in [0.25, 0.3) is 5.91 Å². The SMILES string of the molecule is Cc1cc(-c2ccc3cc(Cl)cnc3c2)ccc1C1=NC2(CC2)C(=O)N1CC1CN(C(=O)C2(C)CC2)C1. The number of amidine groups is 1. The quantitative estimate of drug-likeness (QED) is 0.469. The van der Waals surface area contributed by atoms with E-state index in [0.717, 1.165) is 77.8 Å². The topological polar surface area (TPSA) is 65.9 Å². The lowest BCUT2D eigenvalue weighted by Gasteiger charge is -2.42. The fourth-order valence-electron chi connectivity index (χ4n) is 5.74. The minimum atomic E-state index is -0.549. The molecule has 7 heteroatoms. The lowest BCUT2D eigenvalue weighted by atomic mass is 9.95. The van der Waals surface area contributed by atoms with Crippen LogP contribution in [0.4, 0.5) is 0 Å². The van der Waals surface area contributed by atoms with Crippen LogP contribution in [0.25, 0.3) is 22.0 Å². The maximum atomic E-state index is 13.4. The Balaban J connectivity index is 1.13. The van der Waals surface area contributed by atoms with Crippen molar-refractivity contribution >= 4 is 40.2 Å². The Hall–Kier alpha value is -3.25. The van der Waals surface area contributed by atoms with Crippen LogP contribution in [0.2, 0.25) is 5.02 Å². The summed E-state index contributed by atoms with van der Waals surface area (Å²) < 4.78 is 0. The van der Waals surface area contributed by atoms with Crippen LogP contribution in [0.15, 0.2) is 53.7 Å². The molecule has 0 bridgehead atoms. The zero-order chi connectivity index (χ0) is 25.5. The number of rotatable bonds is 5. The monoisotopic (exact) mass is 512 g/mol. The summed E-state index contributed by atoms with van der Waals surface area (Å²) in [6, 6.07) is 14.5. The van der Waals surface area contributed by atoms with E-state index >= 15 is 0 Å². The minimum Gasteiger partial charge on any atom is -0.341 e. The number of halogens is 1. The molecule has 7 rings (SSSR count). The average molecular weight is 513 g/mol. The van der Waals surface area contributed by atoms with Crippen molar-refractivity contribution in [3.05, 3.63) is 64.8 Å². The number of aryl methyl sites for hydroxylation is 1. The van der Waals surface area contributed by atoms with Crippen molar-refractivity contribution < 1.29 is 9.59 Å². The molecule has 6 nitrogen and oxygen atoms in total. The number of fused-ring (bicyclic) bond motifs is 1. The molecule has 2 aliphatic carbocycles. The van der Waals surface area contributed by atoms with Crippen LogP contribution in [0, 0.1) is 18.3 Å². The normalized spacial score (nSPS) is 21.4. The van der Waals surface area contributed by atoms with Crippen molar-refractivity contribution in [3.63, 3.8) is 0 Å². The molecular formula is C30H29ClN4O2. The molecule has 2 amide bonds. The van der Waals surface area contributed by atoms with E-state index in [1.807, 2.05) is 21.9 Å². The van der Waals surface area contributed by atoms with Crippen LogP contribution in [-0.2, 0) is 9.59 Å². The van der Waals surface area contributed by atoms with Gasteiger partial charge in [-0.1, -0.05) is 48.9 Å². The van der Waals surface area contributed by atoms with Crippen molar-refractivity contribution in [1.29, 1.82) is 0 Å². The molecule has 0 unspecified atom stereocenters. The van der Waals surface area contributed by atoms with Gasteiger partial charge < -0.3 is 4.90 Å². The molecular weight excluding hydrogens is 484 g/mol. The predicted molar refractivity (Wildman–Crippen MR) is 145 cm³/mol. The van der Waals surface area contributed by atoms with Crippen LogP contribution in [0.3, 0.4) is 0 Å². The fourth-order valence-corrected chi connectivity index (χ4v) is 5.90. The number of hydrogen-bond donors (Lipinski definition) is 0. The first kappa shape index (κ1) is 22.9. The summed E-state index contributed by atoms with van der Waals surface area (Å²) in [6.45, 7) is 6.24. The molecule has 0 radical (unpaired) electrons. The predicted octanol–water partition coefficient (Wildman–Crippen LogP) is 5.24. The van der Waals surface area contributed by atoms with Gasteiger partial charge in [0.05, 0.1) is 10.5 Å². The van der Waals surface area contributed by atoms with Gasteiger partial charge in [0.1, 0.15) is 11.4 Å². The second kappa shape index (κ2) is 7.87. The van der Waals surface area contributed by atoms with E-state index in [1.54, 1.807) is 6.20 Å². The second-order valence-electron chi connectivity index (χ2n) is 11.6. The molecule has 188 valence electrons. The van der Waals surface area contributed by atoms with Crippen molar-refractivity contribution in [2.45, 2.75) is 45.1 Å². The van der Waals surface area contributed by atoms with Gasteiger partial charge in [0.2, 0.25) is 5.91 Å². The van der Waals surface area contributed by atoms with Crippen LogP contribution >= 0.6 is 11.6 Å². The first-order valence-electron chi connectivity index (χ1n) is 13.1. The summed E-state index contributed by atoms with van der Waals surface area (Å²) in [5, 5.41) is 1.64. The van der Waals surface area contributed by atoms with Crippen molar-refractivity contribution in [2.24, 2.45) is 16.3 Å². The maximum Gasteiger partial charge on any atom is 0.256 e. The molecule has 4 aliphatic rings. The van der Waals surface area contributed by atoms with E-state index in [1.165, 1.54) is 0 Å². The summed E-state index contributed by atoms with van der Waals surface area (Å²) >= 11 is 6.09. The number of pyridine rings is 1. The highest BCUT2D eigenvalue weighted by atomic mass is 35.5. The smallest absolute Gasteiger partial charge is 0.256 e. The highest BCUT2D eigenvalue weighted by molar-refractivity contribution is 6.31. The Morgan fingerprint density at radius 3 is 2.49 bits per heavy atom. The van der Waals surface area contributed by atoms with E-state index in [2.05, 4.69) is 49.2 Å². The molecule has 3 fully saturated rings. The number of likely N-dealkylation sites (tertiary alicyclic amines) is 1. The van der Waals surface area contributed by atoms with E-state index in [0.29, 0.717) is 17.5 Å². The number of aliphatic imine (C=N–C) groups is 1. The first-order valence-corrected chi connectivity index (χ1v) is 13.5. The Bertz CT molecular complexity index is 1520. The van der Waals surface area contributed by atoms with Crippen LogP contribution in [0.5, 0.6) is 0 Å². The third-order valence-corrected chi connectivity index (χ3v) is 8.80. The van der Waals surface area contributed by atoms with Gasteiger partial charge in [-0.3, -0.25) is 24.5 Å². The molecule has 2 aromatic carbocycles. The van der Waals surface area contributed by atoms with E-state index in [9.17, 15) is 9.59 Å². The highest BCUT2D eigenvalue weighted by Gasteiger charge is 2.58. The van der Waals surface area contributed by atoms with Gasteiger partial charge in [-0.15, -0.1) is 0 Å². The van der Waals surface area contributed by atoms with Crippen LogP contribution in [-0.4, -0.2) is 57.6 Å². The zero-order valence-corrected chi connectivity index (χ0v) is 21.9. The summed E-state index contributed by atoms with van der Waals surface area (Å²) in [4.78, 5) is 39.4. The summed E-state index contributed by atoms with van der Waals surface area (Å²) in [7, 11) is 0. The van der Waals surface area contributed by atoms with Gasteiger partial charge >= 0.3 is 0 Å². The molecule has 1 saturated heterocycles. The molecule has 37 heavy (non-hydrogen) atoms. The molecule has 3 heterocycles. The maximum absolute atomic E-state index is 13.4. The number of amides is 2. The van der Waals surface area contributed by atoms with E-state index in [-0.39, 0.29) is 17.2 Å². The fraction of sp³-hybridized carbons (Fsp3) is 0.400. The Labute approximate surface area is 221 Å². The largest absolute Gasteiger partial charge is 0.341 e. The Morgan fingerprint density at radius 2 is 1.78 bits per heavy atom. The van der Waals surface area contributed by atoms with Crippen molar-refractivity contribution in [1.82, 2.24) is 14.8 Å². The lowest BCUT2D eigenvalue weighted by Crippen LogP contribution is -2.56. The Morgan fingerprint density at radius 1 is 1.05 bits per heavy atom. The van der Waals surface area contributed by atoms with Gasteiger partial charge in [-0.2, -0.15) is 0 Å². The van der Waals surface area contributed by atoms with Crippen molar-refractivity contribution in [3.8, 4) is 11.1 Å². The van der Waals surface area contributed by atoms with E-state index < -0.39 is 5.54 Å². The summed E-state index contributed by atoms with van der Waals surface area (Å²) in [5.41, 5.74) is 4.49. The molecule has 1 spiro atoms. The number of carbonyl (C=O) groups is 2. The molecule has 0 N–H and O–H groups in total. The summed E-state index contributed by atoms with van der Waals surface area (Å²) in [5.74, 6) is 1.50. The summed E-state index contributed by atoms with van der Waals surface area (Å²) in [6.07, 6.45) is 5.31. The van der Waals surface area contributed by atoms with Gasteiger partial charge in [-0.05, 0) is 61.4 Å². The van der Waals surface area contributed by atoms with E-state index in [4.69, 9.17) is 16.6 Å². The Kier molecular flexibility index (Phi) is 4.88. The van der Waals surface area contributed by atoms with Crippen LogP contribution in [0.1, 0.15) is 43.7 Å². The lowest BCUT2D eigenvalue weighted by molar-refractivity contribution is -0.143. The zero-order valence-electron chi connectivity index (χ0n) is 21.1. The number of hydrogen-bond acceptors (Lipinski definition) is 4. The first-order chi connectivity index (χ1) is 17.7. The number of nitrogens with zero attached hydrogens (tertiary/aromatic N) is 4. The number of aromatic nitrogens is 1. The molecule has 2 aliphatic heterocycles. The molecule has 1 aromatic heterocycles. The van der Waals surface area contributed by atoms with Gasteiger partial charge in [-0.25, -0.2) is 0 Å². The standard InChI is InChI=1S/C30H29ClN4O2/c1-18-11-20(21-3-4-22-12-23(31)14-32-25(22)13-21)5-6-24(18)26-33-30(9-10-30)28(37)35(26)17-19-15-34(16-19)27(36)29(2)7-8-29/h3-6,11-14,19H,7-10,15-17H2,1-2H3. The third kappa shape index (κ3) is 3.76. The van der Waals surface area contributed by atoms with Crippen molar-refractivity contribution in [2.75, 3.05) is 19.6 Å². The average Bonchev–Trinajstić information content (AvgIpc) is 3.78. The minimum absolute atomic E-state index is 0.129. The third-order valence-electron chi connectivity index (χ3n) is 8.60. The molecule has 0 atom stereocenters. The van der Waals surface area contributed by atoms with Gasteiger partial charge in [0, 0.05) is 48.1 Å². The molecule has 2 saturated carbocycles. The number of benzene rings is 2.